The fourth-order valence-electron chi connectivity index (χ4n) is 2.36. The van der Waals surface area contributed by atoms with Gasteiger partial charge in [0.25, 0.3) is 5.56 Å². The summed E-state index contributed by atoms with van der Waals surface area (Å²) in [5, 5.41) is 2.59. The normalized spacial score (nSPS) is 11.0. The molecule has 0 aliphatic rings. The Bertz CT molecular complexity index is 852. The summed E-state index contributed by atoms with van der Waals surface area (Å²) in [6.07, 6.45) is 0.938. The summed E-state index contributed by atoms with van der Waals surface area (Å²) in [5.41, 5.74) is 1.74. The lowest BCUT2D eigenvalue weighted by molar-refractivity contribution is 0.116. The van der Waals surface area contributed by atoms with Gasteiger partial charge in [-0.15, -0.1) is 11.3 Å². The molecule has 5 nitrogen and oxygen atoms in total. The minimum Gasteiger partial charge on any atom is -0.497 e. The van der Waals surface area contributed by atoms with E-state index in [-0.39, 0.29) is 5.56 Å². The molecular weight excluding hydrogens is 312 g/mol. The maximum Gasteiger partial charge on any atom is 0.260 e. The standard InChI is InChI=1S/C17H18N2O3S/c1-3-8-22-9-14-18-16(20)15-13(10-23-17(15)19-14)11-4-6-12(21-2)7-5-11/h4-7,10H,3,8-9H2,1-2H3,(H,18,19,20). The van der Waals surface area contributed by atoms with E-state index in [4.69, 9.17) is 9.47 Å². The van der Waals surface area contributed by atoms with Gasteiger partial charge < -0.3 is 14.5 Å². The predicted molar refractivity (Wildman–Crippen MR) is 92.2 cm³/mol. The number of nitrogens with zero attached hydrogens (tertiary/aromatic N) is 1. The lowest BCUT2D eigenvalue weighted by atomic mass is 10.1. The van der Waals surface area contributed by atoms with Crippen LogP contribution >= 0.6 is 11.3 Å². The van der Waals surface area contributed by atoms with Crippen LogP contribution in [-0.2, 0) is 11.3 Å². The minimum absolute atomic E-state index is 0.128. The van der Waals surface area contributed by atoms with E-state index in [1.807, 2.05) is 36.6 Å². The SMILES string of the molecule is CCCOCc1nc2scc(-c3ccc(OC)cc3)c2c(=O)[nH]1. The summed E-state index contributed by atoms with van der Waals surface area (Å²) < 4.78 is 10.6. The minimum atomic E-state index is -0.128. The smallest absolute Gasteiger partial charge is 0.260 e. The fourth-order valence-corrected chi connectivity index (χ4v) is 3.32. The third-order valence-electron chi connectivity index (χ3n) is 3.48. The molecule has 3 aromatic rings. The number of methoxy groups -OCH3 is 1. The largest absolute Gasteiger partial charge is 0.497 e. The van der Waals surface area contributed by atoms with E-state index < -0.39 is 0 Å². The second-order valence-corrected chi connectivity index (χ2v) is 5.98. The second-order valence-electron chi connectivity index (χ2n) is 5.12. The number of H-pyrrole nitrogens is 1. The van der Waals surface area contributed by atoms with Crippen molar-refractivity contribution in [3.63, 3.8) is 0 Å². The molecule has 0 fully saturated rings. The number of hydrogen-bond donors (Lipinski definition) is 1. The van der Waals surface area contributed by atoms with Gasteiger partial charge in [0.15, 0.2) is 0 Å². The van der Waals surface area contributed by atoms with Gasteiger partial charge in [-0.3, -0.25) is 4.79 Å². The van der Waals surface area contributed by atoms with Crippen molar-refractivity contribution in [1.29, 1.82) is 0 Å². The van der Waals surface area contributed by atoms with Gasteiger partial charge in [0.05, 0.1) is 12.5 Å². The van der Waals surface area contributed by atoms with Crippen molar-refractivity contribution in [2.75, 3.05) is 13.7 Å². The lowest BCUT2D eigenvalue weighted by Crippen LogP contribution is -2.12. The maximum absolute atomic E-state index is 12.4. The van der Waals surface area contributed by atoms with Gasteiger partial charge in [-0.05, 0) is 24.1 Å². The number of aromatic amines is 1. The van der Waals surface area contributed by atoms with E-state index in [1.54, 1.807) is 7.11 Å². The summed E-state index contributed by atoms with van der Waals surface area (Å²) in [4.78, 5) is 20.5. The van der Waals surface area contributed by atoms with Crippen LogP contribution in [0.2, 0.25) is 0 Å². The first-order valence-corrected chi connectivity index (χ1v) is 8.33. The molecule has 0 spiro atoms. The summed E-state index contributed by atoms with van der Waals surface area (Å²) >= 11 is 1.47. The Balaban J connectivity index is 1.98. The van der Waals surface area contributed by atoms with Crippen molar-refractivity contribution in [1.82, 2.24) is 9.97 Å². The zero-order valence-electron chi connectivity index (χ0n) is 13.1. The molecule has 1 N–H and O–H groups in total. The molecule has 0 bridgehead atoms. The molecule has 2 aromatic heterocycles. The first-order valence-electron chi connectivity index (χ1n) is 7.45. The van der Waals surface area contributed by atoms with Gasteiger partial charge in [0.2, 0.25) is 0 Å². The highest BCUT2D eigenvalue weighted by Gasteiger charge is 2.13. The van der Waals surface area contributed by atoms with Crippen molar-refractivity contribution in [3.05, 3.63) is 45.8 Å². The zero-order chi connectivity index (χ0) is 16.2. The molecule has 120 valence electrons. The third kappa shape index (κ3) is 3.28. The van der Waals surface area contributed by atoms with Gasteiger partial charge in [0, 0.05) is 17.6 Å². The number of nitrogens with one attached hydrogen (secondary N) is 1. The molecule has 1 aromatic carbocycles. The molecule has 2 heterocycles. The average molecular weight is 330 g/mol. The molecule has 0 saturated carbocycles. The van der Waals surface area contributed by atoms with E-state index in [2.05, 4.69) is 9.97 Å². The second kappa shape index (κ2) is 6.93. The Morgan fingerprint density at radius 3 is 2.74 bits per heavy atom. The van der Waals surface area contributed by atoms with Crippen LogP contribution < -0.4 is 10.3 Å². The van der Waals surface area contributed by atoms with Crippen molar-refractivity contribution in [3.8, 4) is 16.9 Å². The molecule has 0 aliphatic heterocycles. The quantitative estimate of drug-likeness (QED) is 0.702. The Hall–Kier alpha value is -2.18. The fraction of sp³-hybridized carbons (Fsp3) is 0.294. The number of hydrogen-bond acceptors (Lipinski definition) is 5. The number of benzene rings is 1. The molecule has 0 aliphatic carbocycles. The van der Waals surface area contributed by atoms with E-state index in [1.165, 1.54) is 11.3 Å². The van der Waals surface area contributed by atoms with Gasteiger partial charge in [-0.1, -0.05) is 19.1 Å². The Morgan fingerprint density at radius 1 is 1.26 bits per heavy atom. The number of thiophene rings is 1. The van der Waals surface area contributed by atoms with E-state index in [9.17, 15) is 4.79 Å². The Kier molecular flexibility index (Phi) is 4.73. The molecule has 0 radical (unpaired) electrons. The van der Waals surface area contributed by atoms with Crippen molar-refractivity contribution in [2.45, 2.75) is 20.0 Å². The van der Waals surface area contributed by atoms with Crippen LogP contribution in [0, 0.1) is 0 Å². The molecule has 0 atom stereocenters. The van der Waals surface area contributed by atoms with Crippen LogP contribution in [0.5, 0.6) is 5.75 Å². The highest BCUT2D eigenvalue weighted by molar-refractivity contribution is 7.17. The van der Waals surface area contributed by atoms with Gasteiger partial charge in [-0.25, -0.2) is 4.98 Å². The van der Waals surface area contributed by atoms with Crippen LogP contribution in [0.3, 0.4) is 0 Å². The van der Waals surface area contributed by atoms with Crippen molar-refractivity contribution >= 4 is 21.6 Å². The highest BCUT2D eigenvalue weighted by Crippen LogP contribution is 2.31. The summed E-state index contributed by atoms with van der Waals surface area (Å²) in [5.74, 6) is 1.36. The van der Waals surface area contributed by atoms with Crippen molar-refractivity contribution < 1.29 is 9.47 Å². The number of ether oxygens (including phenoxy) is 2. The molecule has 6 heteroatoms. The molecule has 3 rings (SSSR count). The zero-order valence-corrected chi connectivity index (χ0v) is 13.9. The van der Waals surface area contributed by atoms with Crippen molar-refractivity contribution in [2.24, 2.45) is 0 Å². The third-order valence-corrected chi connectivity index (χ3v) is 4.35. The van der Waals surface area contributed by atoms with Crippen LogP contribution in [0.4, 0.5) is 0 Å². The number of aromatic nitrogens is 2. The Morgan fingerprint density at radius 2 is 2.04 bits per heavy atom. The lowest BCUT2D eigenvalue weighted by Gasteiger charge is -2.04. The number of fused-ring (bicyclic) bond motifs is 1. The number of rotatable bonds is 6. The summed E-state index contributed by atoms with van der Waals surface area (Å²) in [7, 11) is 1.63. The monoisotopic (exact) mass is 330 g/mol. The maximum atomic E-state index is 12.4. The molecule has 0 saturated heterocycles. The van der Waals surface area contributed by atoms with Gasteiger partial charge in [0.1, 0.15) is 23.0 Å². The van der Waals surface area contributed by atoms with Gasteiger partial charge >= 0.3 is 0 Å². The molecule has 0 amide bonds. The molecule has 0 unspecified atom stereocenters. The van der Waals surface area contributed by atoms with E-state index in [0.29, 0.717) is 24.4 Å². The van der Waals surface area contributed by atoms with Gasteiger partial charge in [-0.2, -0.15) is 0 Å². The summed E-state index contributed by atoms with van der Waals surface area (Å²) in [6, 6.07) is 7.65. The molecular formula is C17H18N2O3S. The van der Waals surface area contributed by atoms with Crippen LogP contribution in [0.1, 0.15) is 19.2 Å². The van der Waals surface area contributed by atoms with Crippen LogP contribution in [-0.4, -0.2) is 23.7 Å². The summed E-state index contributed by atoms with van der Waals surface area (Å²) in [6.45, 7) is 3.03. The van der Waals surface area contributed by atoms with E-state index >= 15 is 0 Å². The highest BCUT2D eigenvalue weighted by atomic mass is 32.1. The first-order chi connectivity index (χ1) is 11.2. The van der Waals surface area contributed by atoms with Crippen LogP contribution in [0.15, 0.2) is 34.4 Å². The topological polar surface area (TPSA) is 64.2 Å². The Labute approximate surface area is 137 Å². The van der Waals surface area contributed by atoms with Crippen LogP contribution in [0.25, 0.3) is 21.3 Å². The molecule has 23 heavy (non-hydrogen) atoms. The average Bonchev–Trinajstić information content (AvgIpc) is 3.00. The predicted octanol–water partition coefficient (Wildman–Crippen LogP) is 3.59. The van der Waals surface area contributed by atoms with E-state index in [0.717, 1.165) is 28.1 Å². The first kappa shape index (κ1) is 15.7.